The van der Waals surface area contributed by atoms with Crippen molar-refractivity contribution in [3.8, 4) is 0 Å². The van der Waals surface area contributed by atoms with Crippen LogP contribution >= 0.6 is 11.3 Å². The van der Waals surface area contributed by atoms with E-state index in [1.807, 2.05) is 36.4 Å². The Balaban J connectivity index is 1.19. The van der Waals surface area contributed by atoms with Crippen LogP contribution in [0.1, 0.15) is 9.67 Å². The topological polar surface area (TPSA) is 68.4 Å². The van der Waals surface area contributed by atoms with Crippen molar-refractivity contribution < 1.29 is 9.18 Å². The van der Waals surface area contributed by atoms with E-state index in [0.29, 0.717) is 22.5 Å². The second-order valence-electron chi connectivity index (χ2n) is 7.89. The number of carbonyl (C=O) groups excluding carboxylic acids is 1. The van der Waals surface area contributed by atoms with Crippen LogP contribution < -0.4 is 15.8 Å². The number of aromatic amines is 1. The molecule has 3 heterocycles. The lowest BCUT2D eigenvalue weighted by Gasteiger charge is -2.36. The summed E-state index contributed by atoms with van der Waals surface area (Å²) >= 11 is 1.35. The molecular weight excluding hydrogens is 427 g/mol. The number of para-hydroxylation sites is 2. The van der Waals surface area contributed by atoms with E-state index in [4.69, 9.17) is 0 Å². The van der Waals surface area contributed by atoms with Crippen LogP contribution in [0, 0.1) is 5.82 Å². The number of anilines is 1. The average molecular weight is 451 g/mol. The van der Waals surface area contributed by atoms with E-state index in [1.54, 1.807) is 12.1 Å². The van der Waals surface area contributed by atoms with Crippen LogP contribution in [0.15, 0.2) is 59.4 Å². The van der Waals surface area contributed by atoms with Crippen LogP contribution in [0.3, 0.4) is 0 Å². The van der Waals surface area contributed by atoms with Gasteiger partial charge in [-0.2, -0.15) is 0 Å². The van der Waals surface area contributed by atoms with Crippen molar-refractivity contribution in [2.45, 2.75) is 0 Å². The first-order valence-corrected chi connectivity index (χ1v) is 11.5. The molecule has 0 saturated carbocycles. The maximum absolute atomic E-state index is 14.0. The molecule has 0 unspecified atom stereocenters. The molecule has 0 atom stereocenters. The van der Waals surface area contributed by atoms with Gasteiger partial charge in [-0.25, -0.2) is 4.39 Å². The van der Waals surface area contributed by atoms with Crippen molar-refractivity contribution in [1.82, 2.24) is 15.2 Å². The lowest BCUT2D eigenvalue weighted by Crippen LogP contribution is -2.48. The number of nitrogens with one attached hydrogen (secondary N) is 2. The second-order valence-corrected chi connectivity index (χ2v) is 8.94. The fourth-order valence-electron chi connectivity index (χ4n) is 4.19. The number of rotatable bonds is 5. The number of piperazine rings is 1. The lowest BCUT2D eigenvalue weighted by atomic mass is 10.2. The van der Waals surface area contributed by atoms with Gasteiger partial charge in [-0.1, -0.05) is 30.3 Å². The summed E-state index contributed by atoms with van der Waals surface area (Å²) in [6, 6.07) is 16.1. The van der Waals surface area contributed by atoms with Gasteiger partial charge in [-0.3, -0.25) is 14.5 Å². The SMILES string of the molecule is O=C(NCCN1CCN(c2ccccc2F)CC1)c1cc2c(=O)[nH]c3ccccc3c2s1. The number of fused-ring (bicyclic) bond motifs is 3. The van der Waals surface area contributed by atoms with Crippen molar-refractivity contribution in [2.24, 2.45) is 0 Å². The number of pyridine rings is 1. The van der Waals surface area contributed by atoms with Crippen LogP contribution in [0.4, 0.5) is 10.1 Å². The number of hydrogen-bond acceptors (Lipinski definition) is 5. The zero-order chi connectivity index (χ0) is 22.1. The quantitative estimate of drug-likeness (QED) is 0.489. The van der Waals surface area contributed by atoms with Crippen LogP contribution in [0.2, 0.25) is 0 Å². The number of thiophene rings is 1. The van der Waals surface area contributed by atoms with E-state index in [2.05, 4.69) is 20.1 Å². The van der Waals surface area contributed by atoms with E-state index in [1.165, 1.54) is 17.4 Å². The monoisotopic (exact) mass is 450 g/mol. The number of nitrogens with zero attached hydrogens (tertiary/aromatic N) is 2. The van der Waals surface area contributed by atoms with Gasteiger partial charge in [0.2, 0.25) is 0 Å². The zero-order valence-electron chi connectivity index (χ0n) is 17.4. The minimum atomic E-state index is -0.192. The van der Waals surface area contributed by atoms with Crippen LogP contribution in [-0.4, -0.2) is 55.1 Å². The van der Waals surface area contributed by atoms with Gasteiger partial charge in [-0.15, -0.1) is 11.3 Å². The standard InChI is InChI=1S/C24H23FN4O2S/c25-18-6-2-4-8-20(18)29-13-11-28(12-14-29)10-9-26-24(31)21-15-17-22(32-21)16-5-1-3-7-19(16)27-23(17)30/h1-8,15H,9-14H2,(H,26,31)(H,27,30). The number of halogens is 1. The fraction of sp³-hybridized carbons (Fsp3) is 0.250. The molecule has 1 amide bonds. The second kappa shape index (κ2) is 8.72. The molecule has 0 radical (unpaired) electrons. The molecule has 0 spiro atoms. The number of benzene rings is 2. The molecule has 2 aromatic carbocycles. The van der Waals surface area contributed by atoms with Crippen LogP contribution in [0.25, 0.3) is 21.0 Å². The fourth-order valence-corrected chi connectivity index (χ4v) is 5.30. The van der Waals surface area contributed by atoms with Gasteiger partial charge in [0, 0.05) is 54.9 Å². The molecule has 164 valence electrons. The molecule has 2 N–H and O–H groups in total. The molecule has 6 nitrogen and oxygen atoms in total. The Hall–Kier alpha value is -3.23. The third kappa shape index (κ3) is 3.99. The zero-order valence-corrected chi connectivity index (χ0v) is 18.3. The molecule has 1 aliphatic heterocycles. The van der Waals surface area contributed by atoms with Crippen molar-refractivity contribution in [3.05, 3.63) is 75.6 Å². The summed E-state index contributed by atoms with van der Waals surface area (Å²) in [6.45, 7) is 4.38. The minimum absolute atomic E-state index is 0.167. The highest BCUT2D eigenvalue weighted by Gasteiger charge is 2.19. The number of aromatic nitrogens is 1. The predicted molar refractivity (Wildman–Crippen MR) is 127 cm³/mol. The summed E-state index contributed by atoms with van der Waals surface area (Å²) in [6.07, 6.45) is 0. The van der Waals surface area contributed by atoms with Gasteiger partial charge in [-0.05, 0) is 24.3 Å². The molecule has 0 aliphatic carbocycles. The third-order valence-electron chi connectivity index (χ3n) is 5.90. The predicted octanol–water partition coefficient (Wildman–Crippen LogP) is 3.43. The summed E-state index contributed by atoms with van der Waals surface area (Å²) in [5, 5.41) is 4.46. The normalized spacial score (nSPS) is 14.8. The minimum Gasteiger partial charge on any atom is -0.367 e. The number of hydrogen-bond donors (Lipinski definition) is 2. The van der Waals surface area contributed by atoms with E-state index < -0.39 is 0 Å². The van der Waals surface area contributed by atoms with E-state index in [0.717, 1.165) is 48.3 Å². The first kappa shape index (κ1) is 20.7. The summed E-state index contributed by atoms with van der Waals surface area (Å²) < 4.78 is 14.8. The molecule has 4 aromatic rings. The molecule has 32 heavy (non-hydrogen) atoms. The Labute approximate surface area is 188 Å². The molecule has 5 rings (SSSR count). The first-order valence-electron chi connectivity index (χ1n) is 10.6. The number of carbonyl (C=O) groups is 1. The molecule has 8 heteroatoms. The molecule has 1 saturated heterocycles. The summed E-state index contributed by atoms with van der Waals surface area (Å²) in [7, 11) is 0. The third-order valence-corrected chi connectivity index (χ3v) is 7.07. The van der Waals surface area contributed by atoms with E-state index in [9.17, 15) is 14.0 Å². The van der Waals surface area contributed by atoms with E-state index in [-0.39, 0.29) is 17.3 Å². The van der Waals surface area contributed by atoms with Crippen LogP contribution in [-0.2, 0) is 0 Å². The molecule has 0 bridgehead atoms. The first-order chi connectivity index (χ1) is 15.6. The Morgan fingerprint density at radius 1 is 1.03 bits per heavy atom. The smallest absolute Gasteiger partial charge is 0.261 e. The van der Waals surface area contributed by atoms with Gasteiger partial charge in [0.25, 0.3) is 11.5 Å². The van der Waals surface area contributed by atoms with Crippen molar-refractivity contribution in [1.29, 1.82) is 0 Å². The molecule has 2 aromatic heterocycles. The Morgan fingerprint density at radius 3 is 2.59 bits per heavy atom. The van der Waals surface area contributed by atoms with Crippen molar-refractivity contribution in [3.63, 3.8) is 0 Å². The lowest BCUT2D eigenvalue weighted by molar-refractivity contribution is 0.0952. The van der Waals surface area contributed by atoms with E-state index >= 15 is 0 Å². The van der Waals surface area contributed by atoms with Crippen molar-refractivity contribution >= 4 is 43.9 Å². The maximum atomic E-state index is 14.0. The summed E-state index contributed by atoms with van der Waals surface area (Å²) in [4.78, 5) is 32.8. The molecule has 1 aliphatic rings. The highest BCUT2D eigenvalue weighted by atomic mass is 32.1. The average Bonchev–Trinajstić information content (AvgIpc) is 3.27. The number of amides is 1. The summed E-state index contributed by atoms with van der Waals surface area (Å²) in [5.74, 6) is -0.358. The maximum Gasteiger partial charge on any atom is 0.261 e. The summed E-state index contributed by atoms with van der Waals surface area (Å²) in [5.41, 5.74) is 1.24. The largest absolute Gasteiger partial charge is 0.367 e. The van der Waals surface area contributed by atoms with Gasteiger partial charge in [0.05, 0.1) is 16.0 Å². The molecule has 1 fully saturated rings. The van der Waals surface area contributed by atoms with Gasteiger partial charge < -0.3 is 15.2 Å². The van der Waals surface area contributed by atoms with Gasteiger partial charge >= 0.3 is 0 Å². The highest BCUT2D eigenvalue weighted by Crippen LogP contribution is 2.29. The Bertz CT molecular complexity index is 1340. The highest BCUT2D eigenvalue weighted by molar-refractivity contribution is 7.21. The van der Waals surface area contributed by atoms with Gasteiger partial charge in [0.15, 0.2) is 0 Å². The Morgan fingerprint density at radius 2 is 1.78 bits per heavy atom. The van der Waals surface area contributed by atoms with Crippen LogP contribution in [0.5, 0.6) is 0 Å². The number of H-pyrrole nitrogens is 1. The van der Waals surface area contributed by atoms with Gasteiger partial charge in [0.1, 0.15) is 5.82 Å². The Kier molecular flexibility index (Phi) is 5.63. The van der Waals surface area contributed by atoms with Crippen molar-refractivity contribution in [2.75, 3.05) is 44.2 Å². The molecular formula is C24H23FN4O2S.